The molecule has 0 bridgehead atoms. The van der Waals surface area contributed by atoms with Gasteiger partial charge < -0.3 is 18.6 Å². The molecule has 0 amide bonds. The molecule has 7 heterocycles. The van der Waals surface area contributed by atoms with Crippen LogP contribution in [0.3, 0.4) is 0 Å². The van der Waals surface area contributed by atoms with Crippen molar-refractivity contribution in [2.45, 2.75) is 0 Å². The van der Waals surface area contributed by atoms with E-state index in [-0.39, 0.29) is 0 Å². The second-order valence-corrected chi connectivity index (χ2v) is 30.1. The average Bonchev–Trinajstić information content (AvgIpc) is 1.58. The van der Waals surface area contributed by atoms with Crippen LogP contribution >= 0.6 is 0 Å². The Balaban J connectivity index is 0.746. The summed E-state index contributed by atoms with van der Waals surface area (Å²) >= 11 is 0. The summed E-state index contributed by atoms with van der Waals surface area (Å²) in [5.41, 5.74) is 26.4. The van der Waals surface area contributed by atoms with Gasteiger partial charge >= 0.3 is 0 Å². The van der Waals surface area contributed by atoms with Crippen LogP contribution in [0.5, 0.6) is 0 Å². The topological polar surface area (TPSA) is 58.6 Å². The molecule has 0 aliphatic heterocycles. The normalized spacial score (nSPS) is 12.0. The standard InChI is InChI=1S/C106H67N9/c1-6-26-74(27-7-1)109(75-28-8-2-9-29-75)79-52-59-102-91(66-79)84-40-19-24-44-95(84)113(102)104-67-105(108-106(107-104)115-96-45-25-20-39-83(96)88-63-71(51-58-103(88)115)68-46-53-97-85(60-68)80-36-16-21-41-92(80)110(97)76-30-10-3-11-31-76)114-100-56-49-72(69-47-54-98-86(61-69)81-37-17-22-42-93(81)111(98)77-32-12-4-13-33-77)64-89(100)90-65-73(50-57-101(90)114)70-48-55-99-87(62-70)82-38-18-23-43-94(82)112(99)78-34-14-5-15-35-78/h1-67H. The van der Waals surface area contributed by atoms with E-state index in [0.717, 1.165) is 156 Å². The quantitative estimate of drug-likeness (QED) is 0.122. The minimum atomic E-state index is 0.539. The van der Waals surface area contributed by atoms with Crippen LogP contribution in [0.25, 0.3) is 199 Å². The van der Waals surface area contributed by atoms with Crippen molar-refractivity contribution in [1.29, 1.82) is 0 Å². The number of aromatic nitrogens is 8. The van der Waals surface area contributed by atoms with Gasteiger partial charge in [0.15, 0.2) is 0 Å². The van der Waals surface area contributed by atoms with Crippen molar-refractivity contribution in [1.82, 2.24) is 37.4 Å². The lowest BCUT2D eigenvalue weighted by atomic mass is 9.98. The van der Waals surface area contributed by atoms with Crippen LogP contribution in [0.2, 0.25) is 0 Å². The summed E-state index contributed by atoms with van der Waals surface area (Å²) < 4.78 is 14.2. The van der Waals surface area contributed by atoms with Gasteiger partial charge in [0.2, 0.25) is 5.95 Å². The molecule has 9 heteroatoms. The summed E-state index contributed by atoms with van der Waals surface area (Å²) in [4.78, 5) is 14.3. The largest absolute Gasteiger partial charge is 0.310 e. The predicted octanol–water partition coefficient (Wildman–Crippen LogP) is 27.5. The molecule has 0 aliphatic carbocycles. The molecule has 0 saturated carbocycles. The van der Waals surface area contributed by atoms with Crippen LogP contribution in [0.15, 0.2) is 406 Å². The molecule has 9 nitrogen and oxygen atoms in total. The number of anilines is 3. The summed E-state index contributed by atoms with van der Waals surface area (Å²) in [6.45, 7) is 0. The molecule has 0 radical (unpaired) electrons. The summed E-state index contributed by atoms with van der Waals surface area (Å²) in [5, 5.41) is 13.8. The van der Waals surface area contributed by atoms with E-state index in [1.54, 1.807) is 0 Å². The van der Waals surface area contributed by atoms with E-state index >= 15 is 0 Å². The highest BCUT2D eigenvalue weighted by Gasteiger charge is 2.26. The molecule has 0 saturated heterocycles. The Bertz CT molecular complexity index is 7830. The first-order chi connectivity index (χ1) is 57.0. The first kappa shape index (κ1) is 64.3. The van der Waals surface area contributed by atoms with E-state index in [9.17, 15) is 0 Å². The van der Waals surface area contributed by atoms with Gasteiger partial charge in [0.05, 0.1) is 66.2 Å². The summed E-state index contributed by atoms with van der Waals surface area (Å²) in [6.07, 6.45) is 0. The minimum absolute atomic E-state index is 0.539. The van der Waals surface area contributed by atoms with Crippen LogP contribution in [-0.2, 0) is 0 Å². The number of fused-ring (bicyclic) bond motifs is 18. The van der Waals surface area contributed by atoms with Crippen molar-refractivity contribution in [3.63, 3.8) is 0 Å². The Morgan fingerprint density at radius 2 is 0.383 bits per heavy atom. The van der Waals surface area contributed by atoms with Crippen LogP contribution in [-0.4, -0.2) is 37.4 Å². The van der Waals surface area contributed by atoms with Gasteiger partial charge in [0, 0.05) is 105 Å². The van der Waals surface area contributed by atoms with Crippen LogP contribution in [0, 0.1) is 0 Å². The maximum atomic E-state index is 5.99. The highest BCUT2D eigenvalue weighted by atomic mass is 15.2. The van der Waals surface area contributed by atoms with E-state index in [1.807, 2.05) is 0 Å². The molecular weight excluding hydrogens is 1400 g/mol. The molecule has 0 fully saturated rings. The van der Waals surface area contributed by atoms with Gasteiger partial charge in [0.1, 0.15) is 11.6 Å². The fraction of sp³-hybridized carbons (Fsp3) is 0. The first-order valence-electron chi connectivity index (χ1n) is 39.3. The molecule has 7 aromatic heterocycles. The highest BCUT2D eigenvalue weighted by Crippen LogP contribution is 2.46. The van der Waals surface area contributed by atoms with Gasteiger partial charge in [-0.2, -0.15) is 9.97 Å². The lowest BCUT2D eigenvalue weighted by molar-refractivity contribution is 0.918. The van der Waals surface area contributed by atoms with Crippen molar-refractivity contribution >= 4 is 148 Å². The van der Waals surface area contributed by atoms with Gasteiger partial charge in [0.25, 0.3) is 0 Å². The second-order valence-electron chi connectivity index (χ2n) is 30.1. The lowest BCUT2D eigenvalue weighted by Gasteiger charge is -2.25. The molecule has 0 aliphatic rings. The molecule has 115 heavy (non-hydrogen) atoms. The number of hydrogen-bond donors (Lipinski definition) is 0. The summed E-state index contributed by atoms with van der Waals surface area (Å²) in [6, 6.07) is 148. The maximum Gasteiger partial charge on any atom is 0.238 e. The molecule has 0 N–H and O–H groups in total. The maximum absolute atomic E-state index is 5.99. The van der Waals surface area contributed by atoms with Gasteiger partial charge in [-0.15, -0.1) is 0 Å². The fourth-order valence-electron chi connectivity index (χ4n) is 18.7. The van der Waals surface area contributed by atoms with Crippen LogP contribution in [0.4, 0.5) is 17.1 Å². The molecule has 0 spiro atoms. The molecule has 17 aromatic carbocycles. The fourth-order valence-corrected chi connectivity index (χ4v) is 18.7. The van der Waals surface area contributed by atoms with E-state index in [0.29, 0.717) is 5.95 Å². The van der Waals surface area contributed by atoms with Crippen molar-refractivity contribution in [3.05, 3.63) is 406 Å². The molecule has 0 atom stereocenters. The van der Waals surface area contributed by atoms with Crippen molar-refractivity contribution in [2.75, 3.05) is 4.90 Å². The predicted molar refractivity (Wildman–Crippen MR) is 479 cm³/mol. The number of hydrogen-bond acceptors (Lipinski definition) is 3. The molecule has 24 aromatic rings. The number of benzene rings is 17. The average molecular weight is 1470 g/mol. The first-order valence-corrected chi connectivity index (χ1v) is 39.3. The Morgan fingerprint density at radius 1 is 0.157 bits per heavy atom. The lowest BCUT2D eigenvalue weighted by Crippen LogP contribution is -2.10. The van der Waals surface area contributed by atoms with E-state index < -0.39 is 0 Å². The van der Waals surface area contributed by atoms with Crippen molar-refractivity contribution < 1.29 is 0 Å². The van der Waals surface area contributed by atoms with Crippen LogP contribution in [0.1, 0.15) is 0 Å². The molecule has 536 valence electrons. The summed E-state index contributed by atoms with van der Waals surface area (Å²) in [7, 11) is 0. The smallest absolute Gasteiger partial charge is 0.238 e. The number of para-hydroxylation sites is 10. The van der Waals surface area contributed by atoms with E-state index in [1.165, 1.54) is 54.4 Å². The monoisotopic (exact) mass is 1470 g/mol. The zero-order valence-corrected chi connectivity index (χ0v) is 62.2. The Labute approximate surface area is 660 Å². The van der Waals surface area contributed by atoms with Crippen molar-refractivity contribution in [3.8, 4) is 68.0 Å². The summed E-state index contributed by atoms with van der Waals surface area (Å²) in [5.74, 6) is 1.98. The van der Waals surface area contributed by atoms with Gasteiger partial charge in [-0.05, 0) is 215 Å². The SMILES string of the molecule is c1ccc(N(c2ccccc2)c2ccc3c(c2)c2ccccc2n3-c2cc(-n3c4ccc(-c5ccc6c(c5)c5ccccc5n6-c5ccccc5)cc4c4cc(-c5ccc6c(c5)c5ccccc5n6-c5ccccc5)ccc43)nc(-n3c4ccccc4c4cc(-c5ccc6c(c5)c5ccccc5n6-c5ccccc5)ccc43)n2)cc1. The molecular formula is C106H67N9. The highest BCUT2D eigenvalue weighted by molar-refractivity contribution is 6.17. The Kier molecular flexibility index (Phi) is 14.2. The zero-order chi connectivity index (χ0) is 75.3. The third kappa shape index (κ3) is 10.0. The second kappa shape index (κ2) is 25.5. The van der Waals surface area contributed by atoms with Gasteiger partial charge in [-0.3, -0.25) is 13.7 Å². The third-order valence-electron chi connectivity index (χ3n) is 23.8. The molecule has 24 rings (SSSR count). The minimum Gasteiger partial charge on any atom is -0.310 e. The molecule has 0 unspecified atom stereocenters. The van der Waals surface area contributed by atoms with Crippen molar-refractivity contribution in [2.24, 2.45) is 0 Å². The Morgan fingerprint density at radius 3 is 0.704 bits per heavy atom. The number of rotatable bonds is 12. The number of nitrogens with zero attached hydrogens (tertiary/aromatic N) is 9. The van der Waals surface area contributed by atoms with E-state index in [4.69, 9.17) is 9.97 Å². The Hall–Kier alpha value is -15.6. The van der Waals surface area contributed by atoms with Crippen LogP contribution < -0.4 is 4.90 Å². The third-order valence-corrected chi connectivity index (χ3v) is 23.8. The van der Waals surface area contributed by atoms with Gasteiger partial charge in [-0.25, -0.2) is 0 Å². The zero-order valence-electron chi connectivity index (χ0n) is 62.2. The van der Waals surface area contributed by atoms with Gasteiger partial charge in [-0.1, -0.05) is 218 Å². The van der Waals surface area contributed by atoms with E-state index in [2.05, 4.69) is 439 Å².